The van der Waals surface area contributed by atoms with Crippen LogP contribution in [0.25, 0.3) is 0 Å². The summed E-state index contributed by atoms with van der Waals surface area (Å²) in [7, 11) is 0. The third kappa shape index (κ3) is 3.89. The van der Waals surface area contributed by atoms with E-state index in [9.17, 15) is 0 Å². The lowest BCUT2D eigenvalue weighted by Gasteiger charge is -2.21. The van der Waals surface area contributed by atoms with Crippen LogP contribution >= 0.6 is 0 Å². The third-order valence-corrected chi connectivity index (χ3v) is 2.89. The van der Waals surface area contributed by atoms with Gasteiger partial charge >= 0.3 is 0 Å². The first kappa shape index (κ1) is 9.76. The second kappa shape index (κ2) is 5.34. The molecule has 1 fully saturated rings. The minimum atomic E-state index is 0.853. The summed E-state index contributed by atoms with van der Waals surface area (Å²) in [6.07, 6.45) is 10.9. The summed E-state index contributed by atoms with van der Waals surface area (Å²) < 4.78 is 0. The van der Waals surface area contributed by atoms with Gasteiger partial charge in [-0.3, -0.25) is 0 Å². The third-order valence-electron chi connectivity index (χ3n) is 2.89. The van der Waals surface area contributed by atoms with Crippen molar-refractivity contribution in [3.8, 4) is 0 Å². The molecule has 0 aromatic rings. The van der Waals surface area contributed by atoms with E-state index in [1.54, 1.807) is 0 Å². The van der Waals surface area contributed by atoms with Gasteiger partial charge in [0.25, 0.3) is 0 Å². The molecule has 0 radical (unpaired) electrons. The van der Waals surface area contributed by atoms with Crippen molar-refractivity contribution >= 4 is 5.71 Å². The van der Waals surface area contributed by atoms with Gasteiger partial charge in [0.1, 0.15) is 0 Å². The molecule has 0 aromatic carbocycles. The van der Waals surface area contributed by atoms with Crippen molar-refractivity contribution < 1.29 is 0 Å². The molecule has 1 heteroatoms. The molecule has 0 bridgehead atoms. The first-order valence-electron chi connectivity index (χ1n) is 5.33. The van der Waals surface area contributed by atoms with Crippen LogP contribution in [0.4, 0.5) is 0 Å². The van der Waals surface area contributed by atoms with E-state index in [0.717, 1.165) is 18.1 Å². The van der Waals surface area contributed by atoms with Gasteiger partial charge in [-0.15, -0.1) is 0 Å². The zero-order chi connectivity index (χ0) is 8.81. The number of nitrogens with one attached hydrogen (secondary N) is 1. The predicted molar refractivity (Wildman–Crippen MR) is 53.8 cm³/mol. The van der Waals surface area contributed by atoms with Crippen molar-refractivity contribution in [1.29, 1.82) is 5.41 Å². The van der Waals surface area contributed by atoms with Crippen LogP contribution in [0.1, 0.15) is 58.3 Å². The maximum Gasteiger partial charge on any atom is 0.00582 e. The first-order chi connectivity index (χ1) is 5.79. The zero-order valence-electron chi connectivity index (χ0n) is 8.23. The van der Waals surface area contributed by atoms with E-state index in [2.05, 4.69) is 0 Å². The summed E-state index contributed by atoms with van der Waals surface area (Å²) >= 11 is 0. The van der Waals surface area contributed by atoms with E-state index < -0.39 is 0 Å². The van der Waals surface area contributed by atoms with Gasteiger partial charge in [-0.2, -0.15) is 0 Å². The normalized spacial score (nSPS) is 19.4. The molecular formula is C11H21N. The Balaban J connectivity index is 2.01. The largest absolute Gasteiger partial charge is 0.310 e. The van der Waals surface area contributed by atoms with E-state index in [-0.39, 0.29) is 0 Å². The number of hydrogen-bond acceptors (Lipinski definition) is 1. The van der Waals surface area contributed by atoms with Crippen molar-refractivity contribution in [2.45, 2.75) is 58.3 Å². The van der Waals surface area contributed by atoms with E-state index >= 15 is 0 Å². The van der Waals surface area contributed by atoms with Gasteiger partial charge in [0.15, 0.2) is 0 Å². The highest BCUT2D eigenvalue weighted by Gasteiger charge is 2.12. The van der Waals surface area contributed by atoms with E-state index in [1.165, 1.54) is 44.9 Å². The quantitative estimate of drug-likeness (QED) is 0.616. The van der Waals surface area contributed by atoms with Crippen LogP contribution in [-0.4, -0.2) is 5.71 Å². The zero-order valence-corrected chi connectivity index (χ0v) is 8.23. The van der Waals surface area contributed by atoms with Crippen molar-refractivity contribution in [3.63, 3.8) is 0 Å². The molecule has 0 heterocycles. The Bertz CT molecular complexity index is 134. The molecule has 1 aliphatic carbocycles. The average molecular weight is 167 g/mol. The highest BCUT2D eigenvalue weighted by atomic mass is 14.4. The summed E-state index contributed by atoms with van der Waals surface area (Å²) in [4.78, 5) is 0. The summed E-state index contributed by atoms with van der Waals surface area (Å²) in [5.41, 5.74) is 0.853. The molecule has 0 amide bonds. The standard InChI is InChI=1S/C11H21N/c1-10(12)6-5-9-11-7-3-2-4-8-11/h11-12H,2-9H2,1H3. The second-order valence-corrected chi connectivity index (χ2v) is 4.18. The first-order valence-corrected chi connectivity index (χ1v) is 5.33. The van der Waals surface area contributed by atoms with Crippen molar-refractivity contribution in [1.82, 2.24) is 0 Å². The Morgan fingerprint density at radius 1 is 1.25 bits per heavy atom. The van der Waals surface area contributed by atoms with Crippen LogP contribution in [0.2, 0.25) is 0 Å². The van der Waals surface area contributed by atoms with Crippen molar-refractivity contribution in [3.05, 3.63) is 0 Å². The summed E-state index contributed by atoms with van der Waals surface area (Å²) in [5.74, 6) is 0.998. The van der Waals surface area contributed by atoms with E-state index in [4.69, 9.17) is 5.41 Å². The van der Waals surface area contributed by atoms with Crippen LogP contribution in [0.3, 0.4) is 0 Å². The molecule has 1 rings (SSSR count). The van der Waals surface area contributed by atoms with Crippen molar-refractivity contribution in [2.75, 3.05) is 0 Å². The average Bonchev–Trinajstić information content (AvgIpc) is 2.05. The molecule has 0 aliphatic heterocycles. The molecule has 0 unspecified atom stereocenters. The summed E-state index contributed by atoms with van der Waals surface area (Å²) in [5, 5.41) is 7.31. The smallest absolute Gasteiger partial charge is 0.00582 e. The Hall–Kier alpha value is -0.330. The molecule has 1 saturated carbocycles. The fourth-order valence-electron chi connectivity index (χ4n) is 2.13. The molecule has 0 saturated heterocycles. The van der Waals surface area contributed by atoms with Gasteiger partial charge in [0.05, 0.1) is 0 Å². The van der Waals surface area contributed by atoms with Gasteiger partial charge < -0.3 is 5.41 Å². The lowest BCUT2D eigenvalue weighted by molar-refractivity contribution is 0.334. The number of rotatable bonds is 4. The maximum absolute atomic E-state index is 7.31. The van der Waals surface area contributed by atoms with Gasteiger partial charge in [-0.25, -0.2) is 0 Å². The SMILES string of the molecule is CC(=N)CCCC1CCCCC1. The molecular weight excluding hydrogens is 146 g/mol. The second-order valence-electron chi connectivity index (χ2n) is 4.18. The van der Waals surface area contributed by atoms with Gasteiger partial charge in [-0.05, 0) is 25.7 Å². The molecule has 1 aliphatic rings. The summed E-state index contributed by atoms with van der Waals surface area (Å²) in [6.45, 7) is 1.92. The molecule has 70 valence electrons. The molecule has 0 aromatic heterocycles. The highest BCUT2D eigenvalue weighted by molar-refractivity contribution is 5.78. The van der Waals surface area contributed by atoms with Crippen LogP contribution in [-0.2, 0) is 0 Å². The Morgan fingerprint density at radius 3 is 2.50 bits per heavy atom. The Labute approximate surface area is 76.1 Å². The minimum Gasteiger partial charge on any atom is -0.310 e. The summed E-state index contributed by atoms with van der Waals surface area (Å²) in [6, 6.07) is 0. The monoisotopic (exact) mass is 167 g/mol. The van der Waals surface area contributed by atoms with Crippen LogP contribution in [0, 0.1) is 11.3 Å². The Kier molecular flexibility index (Phi) is 4.34. The molecule has 1 N–H and O–H groups in total. The topological polar surface area (TPSA) is 23.9 Å². The van der Waals surface area contributed by atoms with Crippen LogP contribution in [0.5, 0.6) is 0 Å². The lowest BCUT2D eigenvalue weighted by atomic mass is 9.85. The Morgan fingerprint density at radius 2 is 1.92 bits per heavy atom. The predicted octanol–water partition coefficient (Wildman–Crippen LogP) is 3.78. The fourth-order valence-corrected chi connectivity index (χ4v) is 2.13. The van der Waals surface area contributed by atoms with E-state index in [1.807, 2.05) is 6.92 Å². The minimum absolute atomic E-state index is 0.853. The van der Waals surface area contributed by atoms with Gasteiger partial charge in [0, 0.05) is 5.71 Å². The molecule has 1 nitrogen and oxygen atoms in total. The number of hydrogen-bond donors (Lipinski definition) is 1. The van der Waals surface area contributed by atoms with Gasteiger partial charge in [-0.1, -0.05) is 38.5 Å². The van der Waals surface area contributed by atoms with Crippen LogP contribution in [0.15, 0.2) is 0 Å². The highest BCUT2D eigenvalue weighted by Crippen LogP contribution is 2.27. The van der Waals surface area contributed by atoms with Crippen LogP contribution < -0.4 is 0 Å². The maximum atomic E-state index is 7.31. The molecule has 0 atom stereocenters. The lowest BCUT2D eigenvalue weighted by Crippen LogP contribution is -2.06. The van der Waals surface area contributed by atoms with Crippen molar-refractivity contribution in [2.24, 2.45) is 5.92 Å². The fraction of sp³-hybridized carbons (Fsp3) is 0.909. The molecule has 0 spiro atoms. The molecule has 12 heavy (non-hydrogen) atoms. The van der Waals surface area contributed by atoms with E-state index in [0.29, 0.717) is 0 Å². The van der Waals surface area contributed by atoms with Gasteiger partial charge in [0.2, 0.25) is 0 Å².